The molecule has 5 heterocycles. The van der Waals surface area contributed by atoms with Crippen LogP contribution in [0.15, 0.2) is 24.3 Å². The summed E-state index contributed by atoms with van der Waals surface area (Å²) >= 11 is 0. The molecule has 2 aromatic heterocycles. The highest BCUT2D eigenvalue weighted by Gasteiger charge is 2.40. The number of aromatic amines is 1. The Kier molecular flexibility index (Phi) is 6.57. The van der Waals surface area contributed by atoms with Crippen LogP contribution < -0.4 is 15.4 Å². The lowest BCUT2D eigenvalue weighted by Crippen LogP contribution is -2.47. The maximum Gasteiger partial charge on any atom is 0.225 e. The third kappa shape index (κ3) is 5.20. The largest absolute Gasteiger partial charge is 0.493 e. The first-order chi connectivity index (χ1) is 18.0. The van der Waals surface area contributed by atoms with E-state index >= 15 is 0 Å². The van der Waals surface area contributed by atoms with Gasteiger partial charge in [0.1, 0.15) is 11.6 Å². The number of ether oxygens (including phenoxy) is 1. The Labute approximate surface area is 217 Å². The molecule has 37 heavy (non-hydrogen) atoms. The van der Waals surface area contributed by atoms with E-state index in [9.17, 15) is 0 Å². The van der Waals surface area contributed by atoms with E-state index in [1.807, 2.05) is 31.2 Å². The van der Waals surface area contributed by atoms with Crippen LogP contribution in [0, 0.1) is 24.2 Å². The lowest BCUT2D eigenvalue weighted by Gasteiger charge is -2.38. The monoisotopic (exact) mass is 501 g/mol. The Morgan fingerprint density at radius 2 is 1.97 bits per heavy atom. The number of likely N-dealkylation sites (tertiary alicyclic amines) is 1. The zero-order valence-corrected chi connectivity index (χ0v) is 21.6. The first kappa shape index (κ1) is 23.9. The van der Waals surface area contributed by atoms with Gasteiger partial charge in [-0.15, -0.1) is 0 Å². The summed E-state index contributed by atoms with van der Waals surface area (Å²) in [6.45, 7) is 5.74. The van der Waals surface area contributed by atoms with Gasteiger partial charge in [0.15, 0.2) is 5.82 Å². The molecule has 0 unspecified atom stereocenters. The van der Waals surface area contributed by atoms with Crippen LogP contribution in [0.3, 0.4) is 0 Å². The number of nitrogens with zero attached hydrogens (tertiary/aromatic N) is 6. The summed E-state index contributed by atoms with van der Waals surface area (Å²) in [5, 5.41) is 24.3. The molecule has 0 spiro atoms. The Hall–Kier alpha value is -3.42. The molecule has 1 aromatic carbocycles. The number of nitrogens with one attached hydrogen (secondary N) is 3. The molecule has 194 valence electrons. The highest BCUT2D eigenvalue weighted by atomic mass is 16.5. The van der Waals surface area contributed by atoms with Crippen LogP contribution in [0.1, 0.15) is 37.8 Å². The van der Waals surface area contributed by atoms with Crippen molar-refractivity contribution in [2.24, 2.45) is 5.92 Å². The molecule has 3 aromatic rings. The summed E-state index contributed by atoms with van der Waals surface area (Å²) in [7, 11) is 2.13. The number of aryl methyl sites for hydroxylation is 1. The van der Waals surface area contributed by atoms with E-state index in [0.717, 1.165) is 73.1 Å². The Bertz CT molecular complexity index is 1280. The number of aromatic nitrogens is 4. The van der Waals surface area contributed by atoms with Crippen molar-refractivity contribution >= 4 is 28.5 Å². The quantitative estimate of drug-likeness (QED) is 0.404. The van der Waals surface area contributed by atoms with Gasteiger partial charge in [-0.05, 0) is 51.8 Å². The molecule has 10 heteroatoms. The molecule has 3 N–H and O–H groups in total. The average molecular weight is 502 g/mol. The number of hydrogen-bond acceptors (Lipinski definition) is 9. The summed E-state index contributed by atoms with van der Waals surface area (Å²) < 4.78 is 6.12. The zero-order valence-electron chi connectivity index (χ0n) is 21.6. The van der Waals surface area contributed by atoms with E-state index < -0.39 is 0 Å². The second kappa shape index (κ2) is 10.1. The lowest BCUT2D eigenvalue weighted by atomic mass is 9.97. The number of hydrogen-bond donors (Lipinski definition) is 3. The Morgan fingerprint density at radius 1 is 1.16 bits per heavy atom. The van der Waals surface area contributed by atoms with E-state index in [4.69, 9.17) is 20.0 Å². The molecule has 3 aliphatic heterocycles. The molecular weight excluding hydrogens is 466 g/mol. The van der Waals surface area contributed by atoms with Gasteiger partial charge in [-0.2, -0.15) is 15.3 Å². The first-order valence-electron chi connectivity index (χ1n) is 13.4. The summed E-state index contributed by atoms with van der Waals surface area (Å²) in [6, 6.07) is 11.7. The number of benzene rings is 1. The number of fused-ring (bicyclic) bond motifs is 3. The van der Waals surface area contributed by atoms with Gasteiger partial charge in [0.05, 0.1) is 18.2 Å². The van der Waals surface area contributed by atoms with Gasteiger partial charge in [0.2, 0.25) is 5.95 Å². The maximum absolute atomic E-state index is 9.03. The Morgan fingerprint density at radius 3 is 2.68 bits per heavy atom. The second-order valence-electron chi connectivity index (χ2n) is 10.9. The topological polar surface area (TPSA) is 118 Å². The number of H-pyrrole nitrogens is 1. The predicted molar refractivity (Wildman–Crippen MR) is 143 cm³/mol. The van der Waals surface area contributed by atoms with Crippen LogP contribution in [0.4, 0.5) is 17.6 Å². The van der Waals surface area contributed by atoms with Crippen molar-refractivity contribution in [1.82, 2.24) is 30.0 Å². The minimum atomic E-state index is 0.309. The van der Waals surface area contributed by atoms with Gasteiger partial charge >= 0.3 is 0 Å². The van der Waals surface area contributed by atoms with Crippen LogP contribution in [0.25, 0.3) is 10.9 Å². The van der Waals surface area contributed by atoms with Crippen LogP contribution in [0.5, 0.6) is 5.75 Å². The number of rotatable bonds is 9. The number of nitriles is 1. The third-order valence-corrected chi connectivity index (χ3v) is 7.95. The summed E-state index contributed by atoms with van der Waals surface area (Å²) in [6.07, 6.45) is 5.10. The molecule has 3 fully saturated rings. The van der Waals surface area contributed by atoms with E-state index in [2.05, 4.69) is 43.7 Å². The summed E-state index contributed by atoms with van der Waals surface area (Å²) in [5.74, 6) is 3.48. The third-order valence-electron chi connectivity index (χ3n) is 7.95. The van der Waals surface area contributed by atoms with Crippen molar-refractivity contribution in [2.45, 2.75) is 57.2 Å². The van der Waals surface area contributed by atoms with E-state index in [1.165, 1.54) is 12.8 Å². The fourth-order valence-corrected chi connectivity index (χ4v) is 6.23. The molecule has 0 radical (unpaired) electrons. The highest BCUT2D eigenvalue weighted by molar-refractivity contribution is 5.92. The molecule has 6 rings (SSSR count). The molecule has 3 saturated heterocycles. The van der Waals surface area contributed by atoms with E-state index in [0.29, 0.717) is 36.4 Å². The minimum Gasteiger partial charge on any atom is -0.493 e. The van der Waals surface area contributed by atoms with Crippen molar-refractivity contribution in [1.29, 1.82) is 5.26 Å². The maximum atomic E-state index is 9.03. The van der Waals surface area contributed by atoms with Crippen molar-refractivity contribution in [3.05, 3.63) is 30.0 Å². The second-order valence-corrected chi connectivity index (χ2v) is 10.9. The molecule has 0 aliphatic carbocycles. The van der Waals surface area contributed by atoms with Gasteiger partial charge in [-0.3, -0.25) is 10.00 Å². The average Bonchev–Trinajstić information content (AvgIpc) is 3.37. The molecule has 3 atom stereocenters. The van der Waals surface area contributed by atoms with Crippen molar-refractivity contribution in [3.8, 4) is 11.8 Å². The zero-order chi connectivity index (χ0) is 25.4. The van der Waals surface area contributed by atoms with Crippen LogP contribution in [0.2, 0.25) is 0 Å². The fraction of sp³-hybridized carbons (Fsp3) is 0.556. The number of anilines is 3. The van der Waals surface area contributed by atoms with E-state index in [1.54, 1.807) is 0 Å². The fourth-order valence-electron chi connectivity index (χ4n) is 6.23. The van der Waals surface area contributed by atoms with Crippen molar-refractivity contribution in [2.75, 3.05) is 43.9 Å². The van der Waals surface area contributed by atoms with Gasteiger partial charge in [0.25, 0.3) is 0 Å². The van der Waals surface area contributed by atoms with Crippen LogP contribution in [-0.4, -0.2) is 81.4 Å². The standard InChI is InChI=1S/C27H35N9O/c1-17-10-25(34-33-17)31-26-23-7-6-22(37-16-18-14-35(2)15-18)13-24(23)30-27(32-26)29-19-11-20-4-5-21(12-19)36(20)9-3-8-28/h6-7,10,13,18-21H,3-5,9,11-12,14-16H2,1-2H3,(H3,29,30,31,32,33,34)/t19-,20-,21+. The summed E-state index contributed by atoms with van der Waals surface area (Å²) in [4.78, 5) is 14.6. The van der Waals surface area contributed by atoms with Gasteiger partial charge in [-0.25, -0.2) is 4.98 Å². The van der Waals surface area contributed by atoms with Crippen molar-refractivity contribution < 1.29 is 4.74 Å². The molecule has 10 nitrogen and oxygen atoms in total. The smallest absolute Gasteiger partial charge is 0.225 e. The number of piperidine rings is 1. The molecule has 3 aliphatic rings. The molecule has 0 saturated carbocycles. The Balaban J connectivity index is 1.23. The van der Waals surface area contributed by atoms with Gasteiger partial charge in [0, 0.05) is 73.3 Å². The van der Waals surface area contributed by atoms with Gasteiger partial charge in [-0.1, -0.05) is 0 Å². The van der Waals surface area contributed by atoms with Crippen molar-refractivity contribution in [3.63, 3.8) is 0 Å². The summed E-state index contributed by atoms with van der Waals surface area (Å²) in [5.41, 5.74) is 1.82. The molecule has 2 bridgehead atoms. The first-order valence-corrected chi connectivity index (χ1v) is 13.4. The van der Waals surface area contributed by atoms with Crippen LogP contribution >= 0.6 is 0 Å². The van der Waals surface area contributed by atoms with E-state index in [-0.39, 0.29) is 0 Å². The normalized spacial score (nSPS) is 24.1. The van der Waals surface area contributed by atoms with Crippen LogP contribution in [-0.2, 0) is 0 Å². The molecule has 0 amide bonds. The SMILES string of the molecule is Cc1cc(Nc2nc(N[C@@H]3C[C@H]4CC[C@@H](C3)N4CCC#N)nc3cc(OCC4CN(C)C4)ccc23)n[nH]1. The molecular formula is C27H35N9O. The predicted octanol–water partition coefficient (Wildman–Crippen LogP) is 3.67. The van der Waals surface area contributed by atoms with Gasteiger partial charge < -0.3 is 20.3 Å². The highest BCUT2D eigenvalue weighted by Crippen LogP contribution is 2.37. The lowest BCUT2D eigenvalue weighted by molar-refractivity contribution is 0.0858. The minimum absolute atomic E-state index is 0.309.